The van der Waals surface area contributed by atoms with E-state index in [2.05, 4.69) is 25.8 Å². The molecule has 0 aliphatic heterocycles. The molecule has 0 fully saturated rings. The average Bonchev–Trinajstić information content (AvgIpc) is 2.38. The lowest BCUT2D eigenvalue weighted by Gasteiger charge is -2.19. The van der Waals surface area contributed by atoms with E-state index in [9.17, 15) is 4.39 Å². The highest BCUT2D eigenvalue weighted by molar-refractivity contribution is 5.62. The first-order valence-electron chi connectivity index (χ1n) is 6.08. The van der Waals surface area contributed by atoms with Crippen LogP contribution in [0.1, 0.15) is 31.9 Å². The van der Waals surface area contributed by atoms with Gasteiger partial charge in [0.25, 0.3) is 0 Å². The van der Waals surface area contributed by atoms with Gasteiger partial charge in [-0.3, -0.25) is 4.98 Å². The van der Waals surface area contributed by atoms with Crippen LogP contribution >= 0.6 is 0 Å². The monoisotopic (exact) mass is 254 g/mol. The predicted octanol–water partition coefficient (Wildman–Crippen LogP) is 4.06. The van der Waals surface area contributed by atoms with Crippen LogP contribution in [0.5, 0.6) is 0 Å². The molecule has 1 aromatic heterocycles. The topological polar surface area (TPSA) is 36.7 Å². The zero-order chi connectivity index (χ0) is 14.0. The molecule has 0 saturated heterocycles. The lowest BCUT2D eigenvalue weighted by Crippen LogP contribution is -2.11. The molecular formula is C16H15FN2. The Labute approximate surface area is 112 Å². The van der Waals surface area contributed by atoms with Crippen molar-refractivity contribution in [3.8, 4) is 17.3 Å². The third-order valence-corrected chi connectivity index (χ3v) is 3.01. The van der Waals surface area contributed by atoms with Crippen molar-refractivity contribution in [3.05, 3.63) is 53.5 Å². The van der Waals surface area contributed by atoms with Gasteiger partial charge < -0.3 is 0 Å². The smallest absolute Gasteiger partial charge is 0.140 e. The van der Waals surface area contributed by atoms with Crippen LogP contribution in [0.4, 0.5) is 4.39 Å². The van der Waals surface area contributed by atoms with E-state index in [0.717, 1.165) is 16.8 Å². The molecule has 0 N–H and O–H groups in total. The second-order valence-corrected chi connectivity index (χ2v) is 5.49. The number of pyridine rings is 1. The maximum atomic E-state index is 13.3. The number of aromatic nitrogens is 1. The van der Waals surface area contributed by atoms with Crippen molar-refractivity contribution < 1.29 is 4.39 Å². The summed E-state index contributed by atoms with van der Waals surface area (Å²) in [5.41, 5.74) is 2.73. The van der Waals surface area contributed by atoms with Gasteiger partial charge in [-0.1, -0.05) is 20.8 Å². The van der Waals surface area contributed by atoms with E-state index >= 15 is 0 Å². The maximum absolute atomic E-state index is 13.3. The number of benzene rings is 1. The number of halogens is 1. The Hall–Kier alpha value is -2.21. The van der Waals surface area contributed by atoms with Crippen molar-refractivity contribution in [3.63, 3.8) is 0 Å². The number of rotatable bonds is 1. The lowest BCUT2D eigenvalue weighted by molar-refractivity contribution is 0.589. The molecule has 1 aromatic carbocycles. The van der Waals surface area contributed by atoms with Crippen LogP contribution in [0.25, 0.3) is 11.3 Å². The minimum atomic E-state index is -0.502. The highest BCUT2D eigenvalue weighted by atomic mass is 19.1. The van der Waals surface area contributed by atoms with Gasteiger partial charge in [-0.05, 0) is 41.3 Å². The summed E-state index contributed by atoms with van der Waals surface area (Å²) < 4.78 is 13.3. The van der Waals surface area contributed by atoms with Crippen LogP contribution in [0, 0.1) is 17.1 Å². The Morgan fingerprint density at radius 2 is 1.89 bits per heavy atom. The fraction of sp³-hybridized carbons (Fsp3) is 0.250. The lowest BCUT2D eigenvalue weighted by atomic mass is 9.87. The molecule has 0 spiro atoms. The van der Waals surface area contributed by atoms with E-state index in [0.29, 0.717) is 0 Å². The van der Waals surface area contributed by atoms with E-state index in [1.165, 1.54) is 12.1 Å². The normalized spacial score (nSPS) is 11.1. The molecule has 0 amide bonds. The number of nitrogens with zero attached hydrogens (tertiary/aromatic N) is 2. The maximum Gasteiger partial charge on any atom is 0.140 e. The van der Waals surface area contributed by atoms with Crippen molar-refractivity contribution in [1.82, 2.24) is 4.98 Å². The van der Waals surface area contributed by atoms with Gasteiger partial charge in [0, 0.05) is 11.8 Å². The first kappa shape index (κ1) is 13.2. The van der Waals surface area contributed by atoms with Gasteiger partial charge in [0.15, 0.2) is 0 Å². The summed E-state index contributed by atoms with van der Waals surface area (Å²) in [5, 5.41) is 8.86. The molecule has 1 heterocycles. The minimum absolute atomic E-state index is 0.0236. The Bertz CT molecular complexity index is 649. The Kier molecular flexibility index (Phi) is 3.35. The standard InChI is InChI=1S/C16H15FN2/c1-16(2,3)13-6-7-19-15(9-13)11-4-5-14(17)12(8-11)10-18/h4-9H,1-3H3. The highest BCUT2D eigenvalue weighted by Crippen LogP contribution is 2.26. The molecular weight excluding hydrogens is 239 g/mol. The summed E-state index contributed by atoms with van der Waals surface area (Å²) in [6.07, 6.45) is 1.74. The van der Waals surface area contributed by atoms with Crippen molar-refractivity contribution >= 4 is 0 Å². The second kappa shape index (κ2) is 4.81. The quantitative estimate of drug-likeness (QED) is 0.769. The molecule has 2 rings (SSSR count). The molecule has 0 atom stereocenters. The zero-order valence-electron chi connectivity index (χ0n) is 11.2. The third-order valence-electron chi connectivity index (χ3n) is 3.01. The van der Waals surface area contributed by atoms with Crippen molar-refractivity contribution in [1.29, 1.82) is 5.26 Å². The van der Waals surface area contributed by atoms with Crippen molar-refractivity contribution in [2.45, 2.75) is 26.2 Å². The summed E-state index contributed by atoms with van der Waals surface area (Å²) in [6, 6.07) is 10.3. The zero-order valence-corrected chi connectivity index (χ0v) is 11.2. The SMILES string of the molecule is CC(C)(C)c1ccnc(-c2ccc(F)c(C#N)c2)c1. The van der Waals surface area contributed by atoms with Crippen LogP contribution in [0.3, 0.4) is 0 Å². The van der Waals surface area contributed by atoms with Gasteiger partial charge in [0.05, 0.1) is 11.3 Å². The van der Waals surface area contributed by atoms with Gasteiger partial charge in [0.2, 0.25) is 0 Å². The predicted molar refractivity (Wildman–Crippen MR) is 73.0 cm³/mol. The van der Waals surface area contributed by atoms with Crippen molar-refractivity contribution in [2.75, 3.05) is 0 Å². The molecule has 0 unspecified atom stereocenters. The highest BCUT2D eigenvalue weighted by Gasteiger charge is 2.15. The van der Waals surface area contributed by atoms with E-state index in [1.54, 1.807) is 12.3 Å². The Morgan fingerprint density at radius 1 is 1.16 bits per heavy atom. The fourth-order valence-corrected chi connectivity index (χ4v) is 1.83. The Morgan fingerprint density at radius 3 is 2.53 bits per heavy atom. The van der Waals surface area contributed by atoms with E-state index in [1.807, 2.05) is 18.2 Å². The van der Waals surface area contributed by atoms with E-state index < -0.39 is 5.82 Å². The molecule has 2 aromatic rings. The molecule has 3 heteroatoms. The molecule has 19 heavy (non-hydrogen) atoms. The Balaban J connectivity index is 2.51. The van der Waals surface area contributed by atoms with Crippen LogP contribution in [0.2, 0.25) is 0 Å². The summed E-state index contributed by atoms with van der Waals surface area (Å²) in [5.74, 6) is -0.502. The number of hydrogen-bond donors (Lipinski definition) is 0. The van der Waals surface area contributed by atoms with Crippen LogP contribution in [-0.4, -0.2) is 4.98 Å². The van der Waals surface area contributed by atoms with Crippen LogP contribution in [0.15, 0.2) is 36.5 Å². The van der Waals surface area contributed by atoms with Crippen LogP contribution in [-0.2, 0) is 5.41 Å². The first-order valence-corrected chi connectivity index (χ1v) is 6.08. The van der Waals surface area contributed by atoms with E-state index in [-0.39, 0.29) is 11.0 Å². The van der Waals surface area contributed by atoms with Gasteiger partial charge in [0.1, 0.15) is 11.9 Å². The van der Waals surface area contributed by atoms with Crippen molar-refractivity contribution in [2.24, 2.45) is 0 Å². The molecule has 0 radical (unpaired) electrons. The molecule has 0 saturated carbocycles. The van der Waals surface area contributed by atoms with Crippen LogP contribution < -0.4 is 0 Å². The van der Waals surface area contributed by atoms with Gasteiger partial charge in [-0.15, -0.1) is 0 Å². The summed E-state index contributed by atoms with van der Waals surface area (Å²) in [4.78, 5) is 4.30. The third kappa shape index (κ3) is 2.79. The summed E-state index contributed by atoms with van der Waals surface area (Å²) in [7, 11) is 0. The summed E-state index contributed by atoms with van der Waals surface area (Å²) in [6.45, 7) is 6.37. The first-order chi connectivity index (χ1) is 8.91. The van der Waals surface area contributed by atoms with Gasteiger partial charge >= 0.3 is 0 Å². The second-order valence-electron chi connectivity index (χ2n) is 5.49. The average molecular weight is 254 g/mol. The minimum Gasteiger partial charge on any atom is -0.256 e. The molecule has 96 valence electrons. The number of hydrogen-bond acceptors (Lipinski definition) is 2. The van der Waals surface area contributed by atoms with Gasteiger partial charge in [-0.2, -0.15) is 5.26 Å². The number of nitriles is 1. The largest absolute Gasteiger partial charge is 0.256 e. The summed E-state index contributed by atoms with van der Waals surface area (Å²) >= 11 is 0. The molecule has 0 bridgehead atoms. The molecule has 0 aliphatic rings. The van der Waals surface area contributed by atoms with Gasteiger partial charge in [-0.25, -0.2) is 4.39 Å². The molecule has 0 aliphatic carbocycles. The fourth-order valence-electron chi connectivity index (χ4n) is 1.83. The molecule has 2 nitrogen and oxygen atoms in total. The van der Waals surface area contributed by atoms with E-state index in [4.69, 9.17) is 5.26 Å².